The molecule has 0 spiro atoms. The first-order valence-corrected chi connectivity index (χ1v) is 4.09. The Kier molecular flexibility index (Phi) is 4.51. The van der Waals surface area contributed by atoms with Crippen molar-refractivity contribution in [3.05, 3.63) is 5.82 Å². The molecule has 8 heteroatoms. The summed E-state index contributed by atoms with van der Waals surface area (Å²) >= 11 is 0. The molecule has 1 aromatic heterocycles. The van der Waals surface area contributed by atoms with Gasteiger partial charge in [-0.25, -0.2) is 0 Å². The van der Waals surface area contributed by atoms with E-state index in [1.165, 1.54) is 0 Å². The lowest BCUT2D eigenvalue weighted by molar-refractivity contribution is -0.125. The van der Waals surface area contributed by atoms with E-state index in [9.17, 15) is 4.79 Å². The largest absolute Gasteiger partial charge is 0.370 e. The first kappa shape index (κ1) is 10.5. The maximum absolute atomic E-state index is 11.0. The van der Waals surface area contributed by atoms with E-state index in [0.29, 0.717) is 19.0 Å². The number of aromatic amines is 1. The van der Waals surface area contributed by atoms with Crippen LogP contribution < -0.4 is 11.1 Å². The van der Waals surface area contributed by atoms with Crippen LogP contribution in [0.2, 0.25) is 0 Å². The first-order chi connectivity index (χ1) is 6.83. The van der Waals surface area contributed by atoms with Gasteiger partial charge in [0, 0.05) is 6.54 Å². The summed E-state index contributed by atoms with van der Waals surface area (Å²) in [6.45, 7) is 1.00. The van der Waals surface area contributed by atoms with Crippen LogP contribution in [0.4, 0.5) is 0 Å². The van der Waals surface area contributed by atoms with Gasteiger partial charge in [-0.2, -0.15) is 5.21 Å². The summed E-state index contributed by atoms with van der Waals surface area (Å²) in [5.74, 6) is 0.195. The molecule has 8 nitrogen and oxygen atoms in total. The number of ether oxygens (including phenoxy) is 1. The van der Waals surface area contributed by atoms with Crippen molar-refractivity contribution in [2.75, 3.05) is 19.8 Å². The molecule has 0 aliphatic carbocycles. The van der Waals surface area contributed by atoms with Gasteiger partial charge in [-0.15, -0.1) is 10.2 Å². The molecule has 14 heavy (non-hydrogen) atoms. The maximum atomic E-state index is 11.0. The number of nitrogens with two attached hydrogens (primary N) is 1. The zero-order chi connectivity index (χ0) is 10.2. The summed E-state index contributed by atoms with van der Waals surface area (Å²) in [5.41, 5.74) is 5.18. The second-order valence-electron chi connectivity index (χ2n) is 2.45. The highest BCUT2D eigenvalue weighted by Crippen LogP contribution is 1.81. The predicted molar refractivity (Wildman–Crippen MR) is 45.9 cm³/mol. The summed E-state index contributed by atoms with van der Waals surface area (Å²) < 4.78 is 4.91. The standard InChI is InChI=1S/C6H12N6O2/c7-1-2-14-4-6(13)8-3-5-9-11-12-10-5/h1-4,7H2,(H,8,13)(H,9,10,11,12). The fraction of sp³-hybridized carbons (Fsp3) is 0.667. The molecular weight excluding hydrogens is 188 g/mol. The number of nitrogens with one attached hydrogen (secondary N) is 2. The molecular formula is C6H12N6O2. The number of hydrogen-bond donors (Lipinski definition) is 3. The molecule has 0 unspecified atom stereocenters. The Labute approximate surface area is 80.2 Å². The summed E-state index contributed by atoms with van der Waals surface area (Å²) in [5, 5.41) is 15.5. The minimum absolute atomic E-state index is 0.00491. The van der Waals surface area contributed by atoms with E-state index < -0.39 is 0 Å². The van der Waals surface area contributed by atoms with Crippen LogP contribution in [0, 0.1) is 0 Å². The molecule has 1 amide bonds. The Morgan fingerprint density at radius 2 is 2.50 bits per heavy atom. The fourth-order valence-corrected chi connectivity index (χ4v) is 0.734. The number of amides is 1. The zero-order valence-electron chi connectivity index (χ0n) is 7.56. The van der Waals surface area contributed by atoms with Crippen molar-refractivity contribution in [2.24, 2.45) is 5.73 Å². The Morgan fingerprint density at radius 3 is 3.14 bits per heavy atom. The highest BCUT2D eigenvalue weighted by atomic mass is 16.5. The van der Waals surface area contributed by atoms with Crippen LogP contribution in [-0.4, -0.2) is 46.3 Å². The normalized spacial score (nSPS) is 10.1. The predicted octanol–water partition coefficient (Wildman–Crippen LogP) is -2.21. The van der Waals surface area contributed by atoms with Gasteiger partial charge in [0.1, 0.15) is 6.61 Å². The molecule has 0 fully saturated rings. The number of hydrogen-bond acceptors (Lipinski definition) is 6. The lowest BCUT2D eigenvalue weighted by Gasteiger charge is -2.02. The molecule has 1 rings (SSSR count). The molecule has 0 saturated heterocycles. The highest BCUT2D eigenvalue weighted by Gasteiger charge is 2.02. The number of H-pyrrole nitrogens is 1. The molecule has 0 aromatic carbocycles. The van der Waals surface area contributed by atoms with Gasteiger partial charge in [-0.3, -0.25) is 4.79 Å². The van der Waals surface area contributed by atoms with Gasteiger partial charge in [-0.05, 0) is 0 Å². The Balaban J connectivity index is 2.09. The Hall–Kier alpha value is -1.54. The van der Waals surface area contributed by atoms with E-state index in [4.69, 9.17) is 10.5 Å². The van der Waals surface area contributed by atoms with Gasteiger partial charge in [0.05, 0.1) is 13.2 Å². The van der Waals surface area contributed by atoms with Gasteiger partial charge in [0.2, 0.25) is 5.91 Å². The second-order valence-corrected chi connectivity index (χ2v) is 2.45. The average molecular weight is 200 g/mol. The molecule has 1 heterocycles. The van der Waals surface area contributed by atoms with Gasteiger partial charge in [-0.1, -0.05) is 5.21 Å². The van der Waals surface area contributed by atoms with Crippen molar-refractivity contribution in [2.45, 2.75) is 6.54 Å². The van der Waals surface area contributed by atoms with E-state index in [1.807, 2.05) is 0 Å². The molecule has 0 bridgehead atoms. The average Bonchev–Trinajstić information content (AvgIpc) is 2.68. The summed E-state index contributed by atoms with van der Waals surface area (Å²) in [6, 6.07) is 0. The minimum atomic E-state index is -0.233. The quantitative estimate of drug-likeness (QED) is 0.448. The summed E-state index contributed by atoms with van der Waals surface area (Å²) in [7, 11) is 0. The van der Waals surface area contributed by atoms with Crippen molar-refractivity contribution >= 4 is 5.91 Å². The molecule has 4 N–H and O–H groups in total. The molecule has 0 aliphatic rings. The summed E-state index contributed by atoms with van der Waals surface area (Å²) in [6.07, 6.45) is 0. The van der Waals surface area contributed by atoms with Crippen LogP contribution in [0.3, 0.4) is 0 Å². The lowest BCUT2D eigenvalue weighted by atomic mass is 10.5. The third-order valence-electron chi connectivity index (χ3n) is 1.33. The van der Waals surface area contributed by atoms with E-state index in [0.717, 1.165) is 0 Å². The van der Waals surface area contributed by atoms with E-state index in [2.05, 4.69) is 25.9 Å². The third kappa shape index (κ3) is 3.92. The SMILES string of the molecule is NCCOCC(=O)NCc1nn[nH]n1. The van der Waals surface area contributed by atoms with Crippen molar-refractivity contribution in [1.29, 1.82) is 0 Å². The van der Waals surface area contributed by atoms with Crippen LogP contribution in [0.25, 0.3) is 0 Å². The first-order valence-electron chi connectivity index (χ1n) is 4.09. The van der Waals surface area contributed by atoms with E-state index in [1.54, 1.807) is 0 Å². The Bertz CT molecular complexity index is 261. The maximum Gasteiger partial charge on any atom is 0.246 e. The zero-order valence-corrected chi connectivity index (χ0v) is 7.56. The molecule has 78 valence electrons. The second kappa shape index (κ2) is 6.00. The van der Waals surface area contributed by atoms with Crippen LogP contribution in [0.1, 0.15) is 5.82 Å². The Morgan fingerprint density at radius 1 is 1.64 bits per heavy atom. The van der Waals surface area contributed by atoms with Crippen molar-refractivity contribution in [3.63, 3.8) is 0 Å². The highest BCUT2D eigenvalue weighted by molar-refractivity contribution is 5.76. The topological polar surface area (TPSA) is 119 Å². The van der Waals surface area contributed by atoms with Crippen LogP contribution >= 0.6 is 0 Å². The fourth-order valence-electron chi connectivity index (χ4n) is 0.734. The number of carbonyl (C=O) groups excluding carboxylic acids is 1. The van der Waals surface area contributed by atoms with Crippen molar-refractivity contribution in [1.82, 2.24) is 25.9 Å². The van der Waals surface area contributed by atoms with Crippen molar-refractivity contribution < 1.29 is 9.53 Å². The van der Waals surface area contributed by atoms with Crippen molar-refractivity contribution in [3.8, 4) is 0 Å². The number of carbonyl (C=O) groups is 1. The lowest BCUT2D eigenvalue weighted by Crippen LogP contribution is -2.28. The van der Waals surface area contributed by atoms with E-state index in [-0.39, 0.29) is 19.1 Å². The van der Waals surface area contributed by atoms with Gasteiger partial charge in [0.25, 0.3) is 0 Å². The van der Waals surface area contributed by atoms with Crippen LogP contribution in [0.5, 0.6) is 0 Å². The summed E-state index contributed by atoms with van der Waals surface area (Å²) in [4.78, 5) is 11.0. The molecule has 0 atom stereocenters. The van der Waals surface area contributed by atoms with Crippen LogP contribution in [-0.2, 0) is 16.1 Å². The van der Waals surface area contributed by atoms with Gasteiger partial charge < -0.3 is 15.8 Å². The number of aromatic nitrogens is 4. The number of rotatable bonds is 6. The number of tetrazole rings is 1. The van der Waals surface area contributed by atoms with E-state index >= 15 is 0 Å². The molecule has 0 aliphatic heterocycles. The molecule has 1 aromatic rings. The molecule has 0 radical (unpaired) electrons. The molecule has 0 saturated carbocycles. The monoisotopic (exact) mass is 200 g/mol. The minimum Gasteiger partial charge on any atom is -0.370 e. The van der Waals surface area contributed by atoms with Crippen LogP contribution in [0.15, 0.2) is 0 Å². The number of nitrogens with zero attached hydrogens (tertiary/aromatic N) is 3. The third-order valence-corrected chi connectivity index (χ3v) is 1.33. The smallest absolute Gasteiger partial charge is 0.246 e. The van der Waals surface area contributed by atoms with Gasteiger partial charge >= 0.3 is 0 Å². The van der Waals surface area contributed by atoms with Gasteiger partial charge in [0.15, 0.2) is 5.82 Å².